The molecule has 0 bridgehead atoms. The van der Waals surface area contributed by atoms with E-state index in [-0.39, 0.29) is 11.4 Å². The number of halogens is 2. The van der Waals surface area contributed by atoms with Crippen molar-refractivity contribution in [3.8, 4) is 5.75 Å². The average Bonchev–Trinajstić information content (AvgIpc) is 2.86. The summed E-state index contributed by atoms with van der Waals surface area (Å²) in [5.41, 5.74) is 1.91. The Hall–Kier alpha value is -1.66. The molecular formula is C23H28ClFN2O2. The van der Waals surface area contributed by atoms with Crippen LogP contribution in [0.2, 0.25) is 5.02 Å². The minimum atomic E-state index is -0.303. The number of hydrogen-bond donors (Lipinski definition) is 0. The maximum atomic E-state index is 13.5. The summed E-state index contributed by atoms with van der Waals surface area (Å²) in [6.07, 6.45) is 1.94. The Balaban J connectivity index is 1.55. The number of likely N-dealkylation sites (tertiary alicyclic amines) is 1. The first kappa shape index (κ1) is 20.6. The summed E-state index contributed by atoms with van der Waals surface area (Å²) in [6.45, 7) is 6.00. The van der Waals surface area contributed by atoms with Gasteiger partial charge in [0.25, 0.3) is 0 Å². The van der Waals surface area contributed by atoms with Gasteiger partial charge in [-0.05, 0) is 23.8 Å². The maximum Gasteiger partial charge on any atom is 0.124 e. The monoisotopic (exact) mass is 418 g/mol. The third kappa shape index (κ3) is 4.92. The molecule has 0 atom stereocenters. The van der Waals surface area contributed by atoms with Gasteiger partial charge in [0.15, 0.2) is 0 Å². The second kappa shape index (κ2) is 9.00. The molecule has 2 heterocycles. The van der Waals surface area contributed by atoms with E-state index in [2.05, 4.69) is 28.0 Å². The van der Waals surface area contributed by atoms with Crippen molar-refractivity contribution in [1.82, 2.24) is 9.80 Å². The lowest BCUT2D eigenvalue weighted by Crippen LogP contribution is -2.53. The van der Waals surface area contributed by atoms with Crippen molar-refractivity contribution in [2.75, 3.05) is 39.9 Å². The first-order chi connectivity index (χ1) is 14.1. The summed E-state index contributed by atoms with van der Waals surface area (Å²) in [5.74, 6) is 0.675. The van der Waals surface area contributed by atoms with Crippen LogP contribution in [0.1, 0.15) is 24.0 Å². The fraction of sp³-hybridized carbons (Fsp3) is 0.478. The van der Waals surface area contributed by atoms with Gasteiger partial charge >= 0.3 is 0 Å². The lowest BCUT2D eigenvalue weighted by atomic mass is 9.90. The first-order valence-corrected chi connectivity index (χ1v) is 10.6. The van der Waals surface area contributed by atoms with E-state index in [9.17, 15) is 4.39 Å². The summed E-state index contributed by atoms with van der Waals surface area (Å²) in [6, 6.07) is 12.9. The van der Waals surface area contributed by atoms with Gasteiger partial charge in [0.05, 0.1) is 6.61 Å². The first-order valence-electron chi connectivity index (χ1n) is 10.2. The second-order valence-electron chi connectivity index (χ2n) is 8.11. The lowest BCUT2D eigenvalue weighted by molar-refractivity contribution is -0.0233. The number of piperidine rings is 1. The van der Waals surface area contributed by atoms with E-state index in [1.54, 1.807) is 13.2 Å². The summed E-state index contributed by atoms with van der Waals surface area (Å²) >= 11 is 6.32. The number of methoxy groups -OCH3 is 1. The molecule has 0 aliphatic carbocycles. The Morgan fingerprint density at radius 2 is 1.93 bits per heavy atom. The van der Waals surface area contributed by atoms with Crippen LogP contribution < -0.4 is 4.74 Å². The molecule has 1 saturated heterocycles. The Bertz CT molecular complexity index is 839. The maximum absolute atomic E-state index is 13.5. The molecule has 0 aromatic heterocycles. The largest absolute Gasteiger partial charge is 0.486 e. The number of ether oxygens (including phenoxy) is 2. The summed E-state index contributed by atoms with van der Waals surface area (Å²) in [5, 5.41) is 0.479. The third-order valence-electron chi connectivity index (χ3n) is 5.99. The zero-order valence-electron chi connectivity index (χ0n) is 16.9. The molecule has 2 aromatic rings. The molecule has 2 aromatic carbocycles. The highest BCUT2D eigenvalue weighted by molar-refractivity contribution is 6.31. The van der Waals surface area contributed by atoms with Crippen molar-refractivity contribution >= 4 is 11.6 Å². The van der Waals surface area contributed by atoms with E-state index >= 15 is 0 Å². The van der Waals surface area contributed by atoms with E-state index < -0.39 is 0 Å². The van der Waals surface area contributed by atoms with Crippen LogP contribution in [0.3, 0.4) is 0 Å². The van der Waals surface area contributed by atoms with Gasteiger partial charge in [0, 0.05) is 69.8 Å². The molecule has 156 valence electrons. The fourth-order valence-electron chi connectivity index (χ4n) is 4.37. The van der Waals surface area contributed by atoms with Gasteiger partial charge in [-0.25, -0.2) is 4.39 Å². The molecule has 0 saturated carbocycles. The Morgan fingerprint density at radius 3 is 2.69 bits per heavy atom. The quantitative estimate of drug-likeness (QED) is 0.720. The van der Waals surface area contributed by atoms with Crippen LogP contribution in [0.4, 0.5) is 4.39 Å². The Morgan fingerprint density at radius 1 is 1.14 bits per heavy atom. The molecular weight excluding hydrogens is 391 g/mol. The standard InChI is InChI=1S/C23H28ClFN2O2/c1-28-13-12-26-10-8-23(9-11-26)17-27(15-18-6-7-20(25)14-21(18)24)16-19-4-2-3-5-22(19)29-23/h2-7,14H,8-13,15-17H2,1H3. The van der Waals surface area contributed by atoms with Crippen LogP contribution in [0.15, 0.2) is 42.5 Å². The zero-order valence-corrected chi connectivity index (χ0v) is 17.6. The number of para-hydroxylation sites is 1. The van der Waals surface area contributed by atoms with Gasteiger partial charge in [-0.3, -0.25) is 4.90 Å². The molecule has 2 aliphatic heterocycles. The molecule has 6 heteroatoms. The van der Waals surface area contributed by atoms with E-state index in [0.717, 1.165) is 63.5 Å². The molecule has 0 N–H and O–H groups in total. The van der Waals surface area contributed by atoms with Crippen LogP contribution >= 0.6 is 11.6 Å². The smallest absolute Gasteiger partial charge is 0.124 e. The molecule has 1 fully saturated rings. The SMILES string of the molecule is COCCN1CCC2(CC1)CN(Cc1ccc(F)cc1Cl)Cc1ccccc1O2. The zero-order chi connectivity index (χ0) is 20.3. The molecule has 4 rings (SSSR count). The highest BCUT2D eigenvalue weighted by Crippen LogP contribution is 2.36. The van der Waals surface area contributed by atoms with Crippen molar-refractivity contribution in [2.24, 2.45) is 0 Å². The predicted octanol–water partition coefficient (Wildman–Crippen LogP) is 4.35. The summed E-state index contributed by atoms with van der Waals surface area (Å²) in [7, 11) is 1.75. The highest BCUT2D eigenvalue weighted by Gasteiger charge is 2.40. The van der Waals surface area contributed by atoms with Gasteiger partial charge in [0.1, 0.15) is 17.2 Å². The molecule has 2 aliphatic rings. The van der Waals surface area contributed by atoms with Crippen LogP contribution in [-0.4, -0.2) is 55.3 Å². The van der Waals surface area contributed by atoms with Crippen LogP contribution in [-0.2, 0) is 17.8 Å². The Kier molecular flexibility index (Phi) is 6.40. The molecule has 0 amide bonds. The van der Waals surface area contributed by atoms with E-state index in [4.69, 9.17) is 21.1 Å². The van der Waals surface area contributed by atoms with Crippen molar-refractivity contribution in [2.45, 2.75) is 31.5 Å². The number of fused-ring (bicyclic) bond motifs is 1. The fourth-order valence-corrected chi connectivity index (χ4v) is 4.60. The molecule has 4 nitrogen and oxygen atoms in total. The van der Waals surface area contributed by atoms with Crippen molar-refractivity contribution in [1.29, 1.82) is 0 Å². The van der Waals surface area contributed by atoms with Crippen molar-refractivity contribution < 1.29 is 13.9 Å². The van der Waals surface area contributed by atoms with Gasteiger partial charge in [0.2, 0.25) is 0 Å². The molecule has 29 heavy (non-hydrogen) atoms. The minimum Gasteiger partial charge on any atom is -0.486 e. The number of hydrogen-bond acceptors (Lipinski definition) is 4. The summed E-state index contributed by atoms with van der Waals surface area (Å²) in [4.78, 5) is 4.83. The predicted molar refractivity (Wildman–Crippen MR) is 113 cm³/mol. The molecule has 0 unspecified atom stereocenters. The number of nitrogens with zero attached hydrogens (tertiary/aromatic N) is 2. The topological polar surface area (TPSA) is 24.9 Å². The van der Waals surface area contributed by atoms with Gasteiger partial charge in [-0.1, -0.05) is 35.9 Å². The minimum absolute atomic E-state index is 0.220. The van der Waals surface area contributed by atoms with Gasteiger partial charge in [-0.2, -0.15) is 0 Å². The Labute approximate surface area is 177 Å². The van der Waals surface area contributed by atoms with Gasteiger partial charge < -0.3 is 14.4 Å². The number of rotatable bonds is 5. The average molecular weight is 419 g/mol. The normalized spacial score (nSPS) is 19.6. The van der Waals surface area contributed by atoms with Crippen LogP contribution in [0.5, 0.6) is 5.75 Å². The van der Waals surface area contributed by atoms with E-state index in [1.807, 2.05) is 6.07 Å². The molecule has 0 radical (unpaired) electrons. The van der Waals surface area contributed by atoms with E-state index in [0.29, 0.717) is 11.6 Å². The van der Waals surface area contributed by atoms with E-state index in [1.165, 1.54) is 17.7 Å². The highest BCUT2D eigenvalue weighted by atomic mass is 35.5. The third-order valence-corrected chi connectivity index (χ3v) is 6.34. The lowest BCUT2D eigenvalue weighted by Gasteiger charge is -2.43. The number of benzene rings is 2. The van der Waals surface area contributed by atoms with Gasteiger partial charge in [-0.15, -0.1) is 0 Å². The molecule has 1 spiro atoms. The van der Waals surface area contributed by atoms with Crippen molar-refractivity contribution in [3.63, 3.8) is 0 Å². The van der Waals surface area contributed by atoms with Crippen LogP contribution in [0.25, 0.3) is 0 Å². The second-order valence-corrected chi connectivity index (χ2v) is 8.52. The van der Waals surface area contributed by atoms with Crippen molar-refractivity contribution in [3.05, 3.63) is 64.4 Å². The van der Waals surface area contributed by atoms with Crippen LogP contribution in [0, 0.1) is 5.82 Å². The summed E-state index contributed by atoms with van der Waals surface area (Å²) < 4.78 is 25.4.